The molecule has 2 aromatic rings. The Morgan fingerprint density at radius 1 is 1.22 bits per heavy atom. The quantitative estimate of drug-likeness (QED) is 0.716. The van der Waals surface area contributed by atoms with Crippen molar-refractivity contribution in [2.24, 2.45) is 0 Å². The van der Waals surface area contributed by atoms with Gasteiger partial charge in [-0.2, -0.15) is 0 Å². The first-order valence-corrected chi connectivity index (χ1v) is 8.56. The lowest BCUT2D eigenvalue weighted by Crippen LogP contribution is -2.04. The van der Waals surface area contributed by atoms with E-state index >= 15 is 0 Å². The first-order valence-electron chi connectivity index (χ1n) is 7.76. The van der Waals surface area contributed by atoms with E-state index in [1.54, 1.807) is 0 Å². The molecule has 0 radical (unpaired) electrons. The lowest BCUT2D eigenvalue weighted by molar-refractivity contribution is -0.140. The van der Waals surface area contributed by atoms with E-state index in [9.17, 15) is 4.79 Å². The van der Waals surface area contributed by atoms with Crippen molar-refractivity contribution in [3.8, 4) is 5.75 Å². The summed E-state index contributed by atoms with van der Waals surface area (Å²) in [6.45, 7) is 0. The fourth-order valence-electron chi connectivity index (χ4n) is 2.92. The van der Waals surface area contributed by atoms with E-state index in [1.165, 1.54) is 18.2 Å². The Morgan fingerprint density at radius 2 is 2.00 bits per heavy atom. The number of carbonyl (C=O) groups is 1. The van der Waals surface area contributed by atoms with Gasteiger partial charge in [-0.1, -0.05) is 34.1 Å². The van der Waals surface area contributed by atoms with Gasteiger partial charge in [-0.15, -0.1) is 0 Å². The van der Waals surface area contributed by atoms with E-state index in [1.807, 2.05) is 24.3 Å². The number of methoxy groups -OCH3 is 1. The Bertz CT molecular complexity index is 694. The number of ether oxygens (including phenoxy) is 2. The maximum absolute atomic E-state index is 11.2. The van der Waals surface area contributed by atoms with Crippen LogP contribution in [0.5, 0.6) is 5.75 Å². The summed E-state index contributed by atoms with van der Waals surface area (Å²) in [5.74, 6) is 0.687. The molecule has 0 fully saturated rings. The van der Waals surface area contributed by atoms with Crippen LogP contribution in [0.2, 0.25) is 0 Å². The normalized spacial score (nSPS) is 16.0. The van der Waals surface area contributed by atoms with Crippen LogP contribution in [0.25, 0.3) is 0 Å². The van der Waals surface area contributed by atoms with Crippen molar-refractivity contribution >= 4 is 21.9 Å². The number of esters is 1. The first-order chi connectivity index (χ1) is 11.2. The lowest BCUT2D eigenvalue weighted by atomic mass is 10.1. The number of fused-ring (bicyclic) bond motifs is 1. The van der Waals surface area contributed by atoms with Crippen molar-refractivity contribution in [2.45, 2.75) is 31.8 Å². The third kappa shape index (κ3) is 3.94. The Labute approximate surface area is 144 Å². The smallest absolute Gasteiger partial charge is 0.305 e. The van der Waals surface area contributed by atoms with Gasteiger partial charge >= 0.3 is 5.97 Å². The van der Waals surface area contributed by atoms with E-state index in [-0.39, 0.29) is 12.1 Å². The van der Waals surface area contributed by atoms with Crippen molar-refractivity contribution in [3.63, 3.8) is 0 Å². The third-order valence-corrected chi connectivity index (χ3v) is 4.67. The molecule has 0 bridgehead atoms. The van der Waals surface area contributed by atoms with Gasteiger partial charge in [-0.3, -0.25) is 4.79 Å². The van der Waals surface area contributed by atoms with Crippen molar-refractivity contribution in [2.75, 3.05) is 7.11 Å². The summed E-state index contributed by atoms with van der Waals surface area (Å²) < 4.78 is 11.9. The van der Waals surface area contributed by atoms with Crippen LogP contribution in [0, 0.1) is 0 Å². The predicted molar refractivity (Wildman–Crippen MR) is 92.6 cm³/mol. The number of halogens is 1. The number of benzene rings is 2. The first kappa shape index (κ1) is 16.1. The summed E-state index contributed by atoms with van der Waals surface area (Å²) >= 11 is 3.52. The van der Waals surface area contributed by atoms with E-state index < -0.39 is 0 Å². The van der Waals surface area contributed by atoms with Gasteiger partial charge in [0.25, 0.3) is 0 Å². The number of hydrogen-bond donors (Lipinski definition) is 0. The third-order valence-electron chi connectivity index (χ3n) is 4.17. The molecule has 1 unspecified atom stereocenters. The molecule has 1 atom stereocenters. The summed E-state index contributed by atoms with van der Waals surface area (Å²) in [5, 5.41) is 0. The minimum atomic E-state index is -0.181. The standard InChI is InChI=1S/C19H19BrO3/c1-22-19(21)11-4-13-2-7-16(8-3-13)23-18-10-5-14-12-15(20)6-9-17(14)18/h2-3,6-9,12,18H,4-5,10-11H2,1H3. The molecule has 0 heterocycles. The zero-order valence-corrected chi connectivity index (χ0v) is 14.6. The molecule has 0 amide bonds. The molecule has 2 aromatic carbocycles. The summed E-state index contributed by atoms with van der Waals surface area (Å²) in [4.78, 5) is 11.2. The van der Waals surface area contributed by atoms with Gasteiger partial charge in [0.15, 0.2) is 0 Å². The van der Waals surface area contributed by atoms with Crippen LogP contribution in [0.4, 0.5) is 0 Å². The van der Waals surface area contributed by atoms with Crippen molar-refractivity contribution in [1.82, 2.24) is 0 Å². The zero-order chi connectivity index (χ0) is 16.2. The SMILES string of the molecule is COC(=O)CCc1ccc(OC2CCc3cc(Br)ccc32)cc1. The second-order valence-corrected chi connectivity index (χ2v) is 6.62. The van der Waals surface area contributed by atoms with Crippen LogP contribution in [0.3, 0.4) is 0 Å². The minimum Gasteiger partial charge on any atom is -0.486 e. The van der Waals surface area contributed by atoms with Crippen molar-refractivity contribution in [1.29, 1.82) is 0 Å². The molecular formula is C19H19BrO3. The van der Waals surface area contributed by atoms with E-state index in [2.05, 4.69) is 38.9 Å². The van der Waals surface area contributed by atoms with Crippen molar-refractivity contribution in [3.05, 3.63) is 63.6 Å². The van der Waals surface area contributed by atoms with Crippen LogP contribution in [-0.4, -0.2) is 13.1 Å². The highest BCUT2D eigenvalue weighted by molar-refractivity contribution is 9.10. The Balaban J connectivity index is 1.62. The summed E-state index contributed by atoms with van der Waals surface area (Å²) in [6.07, 6.45) is 3.28. The molecule has 0 aliphatic heterocycles. The molecule has 0 spiro atoms. The number of aryl methyl sites for hydroxylation is 2. The fraction of sp³-hybridized carbons (Fsp3) is 0.316. The van der Waals surface area contributed by atoms with Gasteiger partial charge in [-0.05, 0) is 60.2 Å². The summed E-state index contributed by atoms with van der Waals surface area (Å²) in [6, 6.07) is 14.4. The number of carbonyl (C=O) groups excluding carboxylic acids is 1. The Morgan fingerprint density at radius 3 is 2.74 bits per heavy atom. The topological polar surface area (TPSA) is 35.5 Å². The molecule has 0 aromatic heterocycles. The van der Waals surface area contributed by atoms with E-state index in [4.69, 9.17) is 4.74 Å². The number of hydrogen-bond acceptors (Lipinski definition) is 3. The Hall–Kier alpha value is -1.81. The van der Waals surface area contributed by atoms with Crippen LogP contribution in [0.15, 0.2) is 46.9 Å². The second-order valence-electron chi connectivity index (χ2n) is 5.71. The van der Waals surface area contributed by atoms with Crippen molar-refractivity contribution < 1.29 is 14.3 Å². The van der Waals surface area contributed by atoms with E-state index in [0.29, 0.717) is 12.8 Å². The maximum atomic E-state index is 11.2. The Kier molecular flexibility index (Phi) is 5.01. The molecule has 0 saturated heterocycles. The average molecular weight is 375 g/mol. The van der Waals surface area contributed by atoms with Crippen LogP contribution < -0.4 is 4.74 Å². The minimum absolute atomic E-state index is 0.124. The monoisotopic (exact) mass is 374 g/mol. The van der Waals surface area contributed by atoms with Gasteiger partial charge in [0.2, 0.25) is 0 Å². The summed E-state index contributed by atoms with van der Waals surface area (Å²) in [5.41, 5.74) is 3.75. The molecule has 23 heavy (non-hydrogen) atoms. The largest absolute Gasteiger partial charge is 0.486 e. The molecule has 120 valence electrons. The molecule has 3 rings (SSSR count). The average Bonchev–Trinajstić information content (AvgIpc) is 2.95. The van der Waals surface area contributed by atoms with Gasteiger partial charge in [0.05, 0.1) is 7.11 Å². The van der Waals surface area contributed by atoms with Gasteiger partial charge < -0.3 is 9.47 Å². The van der Waals surface area contributed by atoms with Gasteiger partial charge in [0.1, 0.15) is 11.9 Å². The lowest BCUT2D eigenvalue weighted by Gasteiger charge is -2.15. The second kappa shape index (κ2) is 7.18. The predicted octanol–water partition coefficient (Wildman–Crippen LogP) is 4.62. The molecule has 0 N–H and O–H groups in total. The summed E-state index contributed by atoms with van der Waals surface area (Å²) in [7, 11) is 1.41. The highest BCUT2D eigenvalue weighted by atomic mass is 79.9. The van der Waals surface area contributed by atoms with Gasteiger partial charge in [0, 0.05) is 10.9 Å². The molecular weight excluding hydrogens is 356 g/mol. The molecule has 1 aliphatic rings. The van der Waals surface area contributed by atoms with E-state index in [0.717, 1.165) is 28.6 Å². The molecule has 3 nitrogen and oxygen atoms in total. The van der Waals surface area contributed by atoms with Crippen LogP contribution in [0.1, 0.15) is 35.6 Å². The van der Waals surface area contributed by atoms with Gasteiger partial charge in [-0.25, -0.2) is 0 Å². The fourth-order valence-corrected chi connectivity index (χ4v) is 3.33. The van der Waals surface area contributed by atoms with Crippen LogP contribution in [-0.2, 0) is 22.4 Å². The number of rotatable bonds is 5. The maximum Gasteiger partial charge on any atom is 0.305 e. The highest BCUT2D eigenvalue weighted by Crippen LogP contribution is 2.36. The van der Waals surface area contributed by atoms with Crippen LogP contribution >= 0.6 is 15.9 Å². The molecule has 1 aliphatic carbocycles. The highest BCUT2D eigenvalue weighted by Gasteiger charge is 2.24. The molecule has 4 heteroatoms. The zero-order valence-electron chi connectivity index (χ0n) is 13.0. The molecule has 0 saturated carbocycles.